The number of hydrogen-bond donors (Lipinski definition) is 2. The van der Waals surface area contributed by atoms with Crippen molar-refractivity contribution >= 4 is 22.0 Å². The van der Waals surface area contributed by atoms with Crippen LogP contribution in [-0.2, 0) is 19.6 Å². The van der Waals surface area contributed by atoms with E-state index in [1.165, 1.54) is 0 Å². The summed E-state index contributed by atoms with van der Waals surface area (Å²) in [5, 5.41) is 11.5. The Balaban J connectivity index is 2.91. The minimum absolute atomic E-state index is 0.448. The molecule has 13 heteroatoms. The van der Waals surface area contributed by atoms with Crippen LogP contribution in [0.3, 0.4) is 0 Å². The summed E-state index contributed by atoms with van der Waals surface area (Å²) in [7, 11) is -4.87. The van der Waals surface area contributed by atoms with Crippen molar-refractivity contribution in [3.63, 3.8) is 0 Å². The van der Waals surface area contributed by atoms with Crippen LogP contribution in [0.5, 0.6) is 11.5 Å². The van der Waals surface area contributed by atoms with Crippen LogP contribution in [0.15, 0.2) is 12.3 Å². The number of alkyl halides is 3. The van der Waals surface area contributed by atoms with E-state index >= 15 is 0 Å². The first-order chi connectivity index (χ1) is 10.5. The molecule has 128 valence electrons. The Hall–Kier alpha value is -2.57. The number of aromatic hydroxyl groups is 1. The Labute approximate surface area is 127 Å². The van der Waals surface area contributed by atoms with Gasteiger partial charge in [-0.25, -0.2) is 4.98 Å². The number of hydrogen-bond acceptors (Lipinski definition) is 8. The zero-order valence-corrected chi connectivity index (χ0v) is 12.1. The van der Waals surface area contributed by atoms with Gasteiger partial charge < -0.3 is 19.3 Å². The Morgan fingerprint density at radius 3 is 2.48 bits per heavy atom. The van der Waals surface area contributed by atoms with Crippen molar-refractivity contribution in [2.45, 2.75) is 5.51 Å². The number of aromatic nitrogens is 1. The van der Waals surface area contributed by atoms with Crippen LogP contribution in [0.25, 0.3) is 0 Å². The van der Waals surface area contributed by atoms with Crippen LogP contribution in [0.4, 0.5) is 13.2 Å². The van der Waals surface area contributed by atoms with E-state index in [-0.39, 0.29) is 0 Å². The summed E-state index contributed by atoms with van der Waals surface area (Å²) in [4.78, 5) is 25.7. The van der Waals surface area contributed by atoms with Gasteiger partial charge in [0.2, 0.25) is 0 Å². The molecule has 0 fully saturated rings. The number of rotatable bonds is 5. The number of nitrogens with zero attached hydrogens (tertiary/aromatic N) is 1. The molecule has 0 aliphatic heterocycles. The molecule has 0 saturated carbocycles. The van der Waals surface area contributed by atoms with Gasteiger partial charge in [0.05, 0.1) is 13.3 Å². The number of esters is 1. The molecule has 1 amide bonds. The van der Waals surface area contributed by atoms with Crippen LogP contribution in [0.2, 0.25) is 0 Å². The van der Waals surface area contributed by atoms with E-state index in [0.29, 0.717) is 12.3 Å². The lowest BCUT2D eigenvalue weighted by Gasteiger charge is -2.10. The second-order valence-corrected chi connectivity index (χ2v) is 5.32. The predicted octanol–water partition coefficient (Wildman–Crippen LogP) is -0.0816. The first-order valence-corrected chi connectivity index (χ1v) is 6.93. The molecule has 2 N–H and O–H groups in total. The van der Waals surface area contributed by atoms with Crippen molar-refractivity contribution in [3.8, 4) is 11.5 Å². The van der Waals surface area contributed by atoms with E-state index in [1.807, 2.05) is 5.32 Å². The molecule has 1 aromatic heterocycles. The van der Waals surface area contributed by atoms with Gasteiger partial charge in [-0.1, -0.05) is 0 Å². The Bertz CT molecular complexity index is 718. The Kier molecular flexibility index (Phi) is 5.37. The maximum absolute atomic E-state index is 12.1. The molecule has 0 aliphatic carbocycles. The number of ether oxygens (including phenoxy) is 1. The van der Waals surface area contributed by atoms with Gasteiger partial charge in [-0.2, -0.15) is 21.6 Å². The van der Waals surface area contributed by atoms with Crippen LogP contribution in [-0.4, -0.2) is 49.5 Å². The number of carbonyl (C=O) groups is 2. The molecule has 0 saturated heterocycles. The standard InChI is InChI=1S/C10H9F3N2O7S/c1-21-7(17)4-15-9(18)8-6(16)2-5(3-14-8)22-23(19,20)10(11,12)13/h2-3,16H,4H2,1H3,(H,15,18). The summed E-state index contributed by atoms with van der Waals surface area (Å²) in [6.45, 7) is -0.544. The van der Waals surface area contributed by atoms with Gasteiger partial charge in [-0.3, -0.25) is 9.59 Å². The summed E-state index contributed by atoms with van der Waals surface area (Å²) >= 11 is 0. The number of halogens is 3. The number of amides is 1. The number of carbonyl (C=O) groups excluding carboxylic acids is 2. The molecule has 0 aromatic carbocycles. The third kappa shape index (κ3) is 4.70. The van der Waals surface area contributed by atoms with Crippen LogP contribution < -0.4 is 9.50 Å². The highest BCUT2D eigenvalue weighted by Gasteiger charge is 2.48. The van der Waals surface area contributed by atoms with E-state index in [1.54, 1.807) is 0 Å². The van der Waals surface area contributed by atoms with Crippen molar-refractivity contribution in [1.82, 2.24) is 10.3 Å². The number of pyridine rings is 1. The SMILES string of the molecule is COC(=O)CNC(=O)c1ncc(OS(=O)(=O)C(F)(F)F)cc1O. The fraction of sp³-hybridized carbons (Fsp3) is 0.300. The number of nitrogens with one attached hydrogen (secondary N) is 1. The highest BCUT2D eigenvalue weighted by Crippen LogP contribution is 2.28. The first-order valence-electron chi connectivity index (χ1n) is 5.52. The molecule has 0 unspecified atom stereocenters. The van der Waals surface area contributed by atoms with Gasteiger partial charge in [0.15, 0.2) is 17.2 Å². The molecule has 0 aliphatic rings. The van der Waals surface area contributed by atoms with Crippen molar-refractivity contribution in [2.75, 3.05) is 13.7 Å². The minimum atomic E-state index is -5.94. The van der Waals surface area contributed by atoms with Gasteiger partial charge in [-0.15, -0.1) is 0 Å². The molecule has 0 radical (unpaired) electrons. The highest BCUT2D eigenvalue weighted by molar-refractivity contribution is 7.88. The first kappa shape index (κ1) is 18.5. The lowest BCUT2D eigenvalue weighted by molar-refractivity contribution is -0.139. The topological polar surface area (TPSA) is 132 Å². The third-order valence-corrected chi connectivity index (χ3v) is 3.15. The molecular formula is C10H9F3N2O7S. The van der Waals surface area contributed by atoms with Gasteiger partial charge >= 0.3 is 21.6 Å². The van der Waals surface area contributed by atoms with Crippen molar-refractivity contribution in [2.24, 2.45) is 0 Å². The molecule has 1 heterocycles. The summed E-state index contributed by atoms with van der Waals surface area (Å²) in [5.74, 6) is -3.75. The molecule has 0 atom stereocenters. The Morgan fingerprint density at radius 1 is 1.39 bits per heavy atom. The highest BCUT2D eigenvalue weighted by atomic mass is 32.2. The van der Waals surface area contributed by atoms with E-state index < -0.39 is 51.2 Å². The van der Waals surface area contributed by atoms with Gasteiger partial charge in [0, 0.05) is 6.07 Å². The number of methoxy groups -OCH3 is 1. The quantitative estimate of drug-likeness (QED) is 0.424. The van der Waals surface area contributed by atoms with E-state index in [4.69, 9.17) is 0 Å². The van der Waals surface area contributed by atoms with Gasteiger partial charge in [-0.05, 0) is 0 Å². The summed E-state index contributed by atoms with van der Waals surface area (Å²) in [5.41, 5.74) is -6.33. The second kappa shape index (κ2) is 6.68. The summed E-state index contributed by atoms with van der Waals surface area (Å²) in [6.07, 6.45) is 0.482. The van der Waals surface area contributed by atoms with Crippen molar-refractivity contribution in [1.29, 1.82) is 0 Å². The van der Waals surface area contributed by atoms with Crippen molar-refractivity contribution < 1.29 is 45.2 Å². The monoisotopic (exact) mass is 358 g/mol. The van der Waals surface area contributed by atoms with Crippen molar-refractivity contribution in [3.05, 3.63) is 18.0 Å². The molecule has 9 nitrogen and oxygen atoms in total. The molecular weight excluding hydrogens is 349 g/mol. The summed E-state index contributed by atoms with van der Waals surface area (Å²) in [6, 6.07) is 0.448. The molecule has 23 heavy (non-hydrogen) atoms. The van der Waals surface area contributed by atoms with E-state index in [9.17, 15) is 36.3 Å². The fourth-order valence-electron chi connectivity index (χ4n) is 1.14. The van der Waals surface area contributed by atoms with E-state index in [2.05, 4.69) is 13.9 Å². The average Bonchev–Trinajstić information content (AvgIpc) is 2.42. The largest absolute Gasteiger partial charge is 0.534 e. The van der Waals surface area contributed by atoms with Crippen LogP contribution >= 0.6 is 0 Å². The van der Waals surface area contributed by atoms with Gasteiger partial charge in [0.25, 0.3) is 5.91 Å². The third-order valence-electron chi connectivity index (χ3n) is 2.17. The second-order valence-electron chi connectivity index (χ2n) is 3.78. The Morgan fingerprint density at radius 2 is 2.00 bits per heavy atom. The summed E-state index contributed by atoms with van der Waals surface area (Å²) < 4.78 is 65.9. The zero-order valence-electron chi connectivity index (χ0n) is 11.2. The molecule has 0 bridgehead atoms. The van der Waals surface area contributed by atoms with Gasteiger partial charge in [0.1, 0.15) is 6.54 Å². The molecule has 1 aromatic rings. The smallest absolute Gasteiger partial charge is 0.505 e. The molecule has 0 spiro atoms. The fourth-order valence-corrected chi connectivity index (χ4v) is 1.58. The van der Waals surface area contributed by atoms with E-state index in [0.717, 1.165) is 7.11 Å². The van der Waals surface area contributed by atoms with Crippen LogP contribution in [0.1, 0.15) is 10.5 Å². The maximum Gasteiger partial charge on any atom is 0.534 e. The lowest BCUT2D eigenvalue weighted by Crippen LogP contribution is -2.31. The van der Waals surface area contributed by atoms with Crippen LogP contribution in [0, 0.1) is 0 Å². The lowest BCUT2D eigenvalue weighted by atomic mass is 10.3. The predicted molar refractivity (Wildman–Crippen MR) is 65.9 cm³/mol. The normalized spacial score (nSPS) is 11.7. The molecule has 1 rings (SSSR count). The zero-order chi connectivity index (χ0) is 17.8. The average molecular weight is 358 g/mol. The maximum atomic E-state index is 12.1. The minimum Gasteiger partial charge on any atom is -0.505 e.